The molecule has 0 aromatic rings. The quantitative estimate of drug-likeness (QED) is 0.459. The third kappa shape index (κ3) is 2.59. The molecule has 2 N–H and O–H groups in total. The number of hydrogen-bond donors (Lipinski definition) is 1. The number of nitrogens with two attached hydrogens (primary N) is 1. The third-order valence-electron chi connectivity index (χ3n) is 2.60. The lowest BCUT2D eigenvalue weighted by Gasteiger charge is -2.38. The number of likely N-dealkylation sites (N-methyl/N-ethyl adjacent to an activating group) is 1. The number of nitrogens with zero attached hydrogens (tertiary/aromatic N) is 3. The van der Waals surface area contributed by atoms with E-state index in [0.717, 1.165) is 26.2 Å². The number of piperazine rings is 1. The number of guanidine groups is 1. The van der Waals surface area contributed by atoms with Gasteiger partial charge in [-0.25, -0.2) is 0 Å². The van der Waals surface area contributed by atoms with E-state index in [4.69, 9.17) is 5.73 Å². The predicted octanol–water partition coefficient (Wildman–Crippen LogP) is -0.0431. The summed E-state index contributed by atoms with van der Waals surface area (Å²) in [4.78, 5) is 8.71. The zero-order valence-corrected chi connectivity index (χ0v) is 8.82. The van der Waals surface area contributed by atoms with Gasteiger partial charge in [0, 0.05) is 32.2 Å². The van der Waals surface area contributed by atoms with Gasteiger partial charge in [0.25, 0.3) is 0 Å². The molecular formula is C9H20N4. The van der Waals surface area contributed by atoms with Crippen LogP contribution >= 0.6 is 0 Å². The number of hydrogen-bond acceptors (Lipinski definition) is 2. The van der Waals surface area contributed by atoms with Crippen molar-refractivity contribution in [1.29, 1.82) is 0 Å². The Balaban J connectivity index is 2.50. The molecular weight excluding hydrogens is 164 g/mol. The standard InChI is InChI=1S/C9H20N4/c1-4-11-9(10)13-6-5-12(3)8(2)7-13/h8H,4-7H2,1-3H3,(H2,10,11). The van der Waals surface area contributed by atoms with E-state index in [1.165, 1.54) is 0 Å². The van der Waals surface area contributed by atoms with Crippen LogP contribution in [0, 0.1) is 0 Å². The van der Waals surface area contributed by atoms with Crippen LogP contribution in [-0.4, -0.2) is 55.0 Å². The van der Waals surface area contributed by atoms with Crippen molar-refractivity contribution in [2.24, 2.45) is 10.7 Å². The van der Waals surface area contributed by atoms with E-state index in [9.17, 15) is 0 Å². The molecule has 1 unspecified atom stereocenters. The molecule has 1 aliphatic rings. The van der Waals surface area contributed by atoms with E-state index < -0.39 is 0 Å². The van der Waals surface area contributed by atoms with Crippen LogP contribution in [0.15, 0.2) is 4.99 Å². The van der Waals surface area contributed by atoms with Crippen molar-refractivity contribution in [2.45, 2.75) is 19.9 Å². The Morgan fingerprint density at radius 1 is 1.54 bits per heavy atom. The fourth-order valence-corrected chi connectivity index (χ4v) is 1.52. The highest BCUT2D eigenvalue weighted by Gasteiger charge is 2.21. The van der Waals surface area contributed by atoms with Crippen molar-refractivity contribution >= 4 is 5.96 Å². The Morgan fingerprint density at radius 3 is 2.77 bits per heavy atom. The van der Waals surface area contributed by atoms with Crippen molar-refractivity contribution in [1.82, 2.24) is 9.80 Å². The van der Waals surface area contributed by atoms with Crippen molar-refractivity contribution < 1.29 is 0 Å². The molecule has 1 rings (SSSR count). The van der Waals surface area contributed by atoms with E-state index in [1.54, 1.807) is 0 Å². The highest BCUT2D eigenvalue weighted by Crippen LogP contribution is 2.05. The van der Waals surface area contributed by atoms with Crippen LogP contribution in [0.1, 0.15) is 13.8 Å². The molecule has 4 heteroatoms. The first-order valence-electron chi connectivity index (χ1n) is 4.90. The molecule has 13 heavy (non-hydrogen) atoms. The van der Waals surface area contributed by atoms with Crippen LogP contribution in [-0.2, 0) is 0 Å². The summed E-state index contributed by atoms with van der Waals surface area (Å²) in [5, 5.41) is 0. The Morgan fingerprint density at radius 2 is 2.23 bits per heavy atom. The maximum atomic E-state index is 5.82. The van der Waals surface area contributed by atoms with Gasteiger partial charge >= 0.3 is 0 Å². The maximum Gasteiger partial charge on any atom is 0.191 e. The summed E-state index contributed by atoms with van der Waals surface area (Å²) in [6, 6.07) is 0.569. The molecule has 0 amide bonds. The van der Waals surface area contributed by atoms with Crippen molar-refractivity contribution in [3.63, 3.8) is 0 Å². The molecule has 0 aliphatic carbocycles. The van der Waals surface area contributed by atoms with Gasteiger partial charge in [0.05, 0.1) is 0 Å². The average Bonchev–Trinajstić information content (AvgIpc) is 2.10. The summed E-state index contributed by atoms with van der Waals surface area (Å²) < 4.78 is 0. The number of aliphatic imine (C=N–C) groups is 1. The molecule has 1 aliphatic heterocycles. The van der Waals surface area contributed by atoms with Gasteiger partial charge in [0.2, 0.25) is 0 Å². The molecule has 76 valence electrons. The minimum atomic E-state index is 0.569. The van der Waals surface area contributed by atoms with E-state index in [-0.39, 0.29) is 0 Å². The first-order valence-corrected chi connectivity index (χ1v) is 4.90. The fraction of sp³-hybridized carbons (Fsp3) is 0.889. The largest absolute Gasteiger partial charge is 0.370 e. The Kier molecular flexibility index (Phi) is 3.54. The van der Waals surface area contributed by atoms with E-state index in [2.05, 4.69) is 28.8 Å². The monoisotopic (exact) mass is 184 g/mol. The highest BCUT2D eigenvalue weighted by atomic mass is 15.3. The SMILES string of the molecule is CCN=C(N)N1CCN(C)C(C)C1. The van der Waals surface area contributed by atoms with Gasteiger partial charge in [0.15, 0.2) is 5.96 Å². The zero-order valence-electron chi connectivity index (χ0n) is 8.82. The van der Waals surface area contributed by atoms with Gasteiger partial charge in [-0.3, -0.25) is 4.99 Å². The summed E-state index contributed by atoms with van der Waals surface area (Å²) in [5.74, 6) is 0.697. The Hall–Kier alpha value is -0.770. The van der Waals surface area contributed by atoms with Gasteiger partial charge in [-0.1, -0.05) is 0 Å². The number of rotatable bonds is 1. The lowest BCUT2D eigenvalue weighted by Crippen LogP contribution is -2.54. The summed E-state index contributed by atoms with van der Waals surface area (Å²) in [6.45, 7) is 8.05. The smallest absolute Gasteiger partial charge is 0.191 e. The Labute approximate surface area is 80.4 Å². The zero-order chi connectivity index (χ0) is 9.84. The lowest BCUT2D eigenvalue weighted by atomic mass is 10.2. The van der Waals surface area contributed by atoms with Gasteiger partial charge in [-0.15, -0.1) is 0 Å². The summed E-state index contributed by atoms with van der Waals surface area (Å²) in [7, 11) is 2.15. The van der Waals surface area contributed by atoms with Crippen LogP contribution < -0.4 is 5.73 Å². The van der Waals surface area contributed by atoms with Gasteiger partial charge in [-0.2, -0.15) is 0 Å². The molecule has 1 fully saturated rings. The molecule has 0 aromatic carbocycles. The second-order valence-corrected chi connectivity index (χ2v) is 3.61. The van der Waals surface area contributed by atoms with Crippen molar-refractivity contribution in [3.8, 4) is 0 Å². The minimum absolute atomic E-state index is 0.569. The van der Waals surface area contributed by atoms with Crippen molar-refractivity contribution in [3.05, 3.63) is 0 Å². The first kappa shape index (κ1) is 10.3. The minimum Gasteiger partial charge on any atom is -0.370 e. The van der Waals surface area contributed by atoms with E-state index in [0.29, 0.717) is 12.0 Å². The van der Waals surface area contributed by atoms with Gasteiger partial charge in [-0.05, 0) is 20.9 Å². The molecule has 4 nitrogen and oxygen atoms in total. The molecule has 1 saturated heterocycles. The molecule has 0 aromatic heterocycles. The van der Waals surface area contributed by atoms with Crippen LogP contribution in [0.2, 0.25) is 0 Å². The lowest BCUT2D eigenvalue weighted by molar-refractivity contribution is 0.152. The average molecular weight is 184 g/mol. The summed E-state index contributed by atoms with van der Waals surface area (Å²) in [6.07, 6.45) is 0. The van der Waals surface area contributed by atoms with Crippen LogP contribution in [0.5, 0.6) is 0 Å². The Bertz CT molecular complexity index is 190. The summed E-state index contributed by atoms with van der Waals surface area (Å²) in [5.41, 5.74) is 5.82. The van der Waals surface area contributed by atoms with E-state index in [1.807, 2.05) is 6.92 Å². The molecule has 0 saturated carbocycles. The van der Waals surface area contributed by atoms with Gasteiger partial charge < -0.3 is 15.5 Å². The topological polar surface area (TPSA) is 44.9 Å². The van der Waals surface area contributed by atoms with Crippen molar-refractivity contribution in [2.75, 3.05) is 33.2 Å². The molecule has 1 heterocycles. The van der Waals surface area contributed by atoms with Crippen LogP contribution in [0.25, 0.3) is 0 Å². The molecule has 0 spiro atoms. The second-order valence-electron chi connectivity index (χ2n) is 3.61. The predicted molar refractivity (Wildman–Crippen MR) is 55.8 cm³/mol. The molecule has 0 radical (unpaired) electrons. The maximum absolute atomic E-state index is 5.82. The summed E-state index contributed by atoms with van der Waals surface area (Å²) >= 11 is 0. The normalized spacial score (nSPS) is 26.5. The first-order chi connectivity index (χ1) is 6.15. The second kappa shape index (κ2) is 4.46. The molecule has 0 bridgehead atoms. The van der Waals surface area contributed by atoms with Crippen LogP contribution in [0.4, 0.5) is 0 Å². The van der Waals surface area contributed by atoms with Gasteiger partial charge in [0.1, 0.15) is 0 Å². The highest BCUT2D eigenvalue weighted by molar-refractivity contribution is 5.78. The molecule has 1 atom stereocenters. The fourth-order valence-electron chi connectivity index (χ4n) is 1.52. The van der Waals surface area contributed by atoms with E-state index >= 15 is 0 Å². The van der Waals surface area contributed by atoms with Crippen LogP contribution in [0.3, 0.4) is 0 Å². The third-order valence-corrected chi connectivity index (χ3v) is 2.60.